The van der Waals surface area contributed by atoms with E-state index in [1.54, 1.807) is 0 Å². The van der Waals surface area contributed by atoms with Crippen LogP contribution in [0.2, 0.25) is 0 Å². The number of hydrogen-bond donors (Lipinski definition) is 7. The van der Waals surface area contributed by atoms with Crippen molar-refractivity contribution in [3.05, 3.63) is 0 Å². The van der Waals surface area contributed by atoms with E-state index in [0.29, 0.717) is 6.42 Å². The van der Waals surface area contributed by atoms with Crippen LogP contribution in [0.3, 0.4) is 0 Å². The highest BCUT2D eigenvalue weighted by Crippen LogP contribution is 2.11. The molecule has 10 nitrogen and oxygen atoms in total. The topological polar surface area (TPSA) is 221 Å². The first-order valence-electron chi connectivity index (χ1n) is 6.15. The van der Waals surface area contributed by atoms with Crippen LogP contribution in [0.5, 0.6) is 0 Å². The Morgan fingerprint density at radius 3 is 1.64 bits per heavy atom. The second kappa shape index (κ2) is 14.5. The quantitative estimate of drug-likeness (QED) is 0.224. The van der Waals surface area contributed by atoms with E-state index in [1.165, 1.54) is 0 Å². The summed E-state index contributed by atoms with van der Waals surface area (Å²) >= 11 is 3.65. The minimum Gasteiger partial charge on any atom is -0.481 e. The minimum atomic E-state index is -1.07. The van der Waals surface area contributed by atoms with E-state index < -0.39 is 30.0 Å². The van der Waals surface area contributed by atoms with Gasteiger partial charge in [-0.3, -0.25) is 14.4 Å². The second-order valence-corrected chi connectivity index (χ2v) is 4.71. The molecule has 0 amide bonds. The molecule has 0 fully saturated rings. The summed E-state index contributed by atoms with van der Waals surface area (Å²) in [5.74, 6) is -3.01. The number of carboxylic acid groups (broad SMARTS) is 3. The predicted molar refractivity (Wildman–Crippen MR) is 82.7 cm³/mol. The van der Waals surface area contributed by atoms with E-state index in [0.717, 1.165) is 0 Å². The van der Waals surface area contributed by atoms with Crippen molar-refractivity contribution in [2.45, 2.75) is 31.3 Å². The Kier molecular flexibility index (Phi) is 16.9. The first-order valence-corrected chi connectivity index (χ1v) is 6.78. The van der Waals surface area contributed by atoms with Gasteiger partial charge in [0, 0.05) is 12.2 Å². The zero-order chi connectivity index (χ0) is 17.0. The van der Waals surface area contributed by atoms with Gasteiger partial charge in [0.25, 0.3) is 0 Å². The minimum absolute atomic E-state index is 0. The summed E-state index contributed by atoms with van der Waals surface area (Å²) in [6.07, 6.45) is 0.642. The molecule has 0 spiro atoms. The number of nitrogens with two attached hydrogens (primary N) is 3. The molecule has 0 aromatic rings. The summed E-state index contributed by atoms with van der Waals surface area (Å²) < 4.78 is 0. The summed E-state index contributed by atoms with van der Waals surface area (Å²) in [5.41, 5.74) is 15.5. The van der Waals surface area contributed by atoms with E-state index in [1.807, 2.05) is 0 Å². The molecule has 0 aliphatic rings. The van der Waals surface area contributed by atoms with Crippen LogP contribution in [0.4, 0.5) is 0 Å². The van der Waals surface area contributed by atoms with Crippen molar-refractivity contribution in [2.24, 2.45) is 23.1 Å². The maximum absolute atomic E-state index is 10.3. The SMILES string of the molecule is NCC(CC[C@H](N)C(=O)O)CC(=O)O.N[C@@H](CS)C(=O)O.O. The Hall–Kier alpha value is -1.40. The third kappa shape index (κ3) is 15.0. The van der Waals surface area contributed by atoms with Gasteiger partial charge < -0.3 is 38.0 Å². The van der Waals surface area contributed by atoms with Crippen LogP contribution in [0.15, 0.2) is 0 Å². The van der Waals surface area contributed by atoms with Crippen molar-refractivity contribution >= 4 is 30.5 Å². The van der Waals surface area contributed by atoms with Gasteiger partial charge >= 0.3 is 17.9 Å². The van der Waals surface area contributed by atoms with E-state index in [-0.39, 0.29) is 36.5 Å². The molecule has 0 aliphatic carbocycles. The summed E-state index contributed by atoms with van der Waals surface area (Å²) in [6.45, 7) is 0.235. The monoisotopic (exact) mass is 343 g/mol. The molecule has 0 bridgehead atoms. The fourth-order valence-electron chi connectivity index (χ4n) is 1.17. The number of rotatable bonds is 9. The molecule has 22 heavy (non-hydrogen) atoms. The van der Waals surface area contributed by atoms with Crippen LogP contribution >= 0.6 is 12.6 Å². The van der Waals surface area contributed by atoms with Gasteiger partial charge in [0.1, 0.15) is 12.1 Å². The number of thiol groups is 1. The first-order chi connectivity index (χ1) is 9.65. The molecule has 0 aliphatic heterocycles. The highest BCUT2D eigenvalue weighted by molar-refractivity contribution is 7.80. The average Bonchev–Trinajstić information content (AvgIpc) is 2.41. The van der Waals surface area contributed by atoms with E-state index >= 15 is 0 Å². The van der Waals surface area contributed by atoms with E-state index in [2.05, 4.69) is 12.6 Å². The molecule has 132 valence electrons. The van der Waals surface area contributed by atoms with Crippen LogP contribution in [0.1, 0.15) is 19.3 Å². The molecule has 3 atom stereocenters. The summed E-state index contributed by atoms with van der Waals surface area (Å²) in [4.78, 5) is 30.5. The Balaban J connectivity index is -0.000000385. The smallest absolute Gasteiger partial charge is 0.321 e. The van der Waals surface area contributed by atoms with Crippen LogP contribution in [0, 0.1) is 5.92 Å². The van der Waals surface area contributed by atoms with Crippen molar-refractivity contribution in [2.75, 3.05) is 12.3 Å². The van der Waals surface area contributed by atoms with Crippen LogP contribution < -0.4 is 17.2 Å². The van der Waals surface area contributed by atoms with Gasteiger partial charge in [0.2, 0.25) is 0 Å². The molecule has 11 N–H and O–H groups in total. The number of carboxylic acids is 3. The fraction of sp³-hybridized carbons (Fsp3) is 0.727. The van der Waals surface area contributed by atoms with Gasteiger partial charge in [-0.15, -0.1) is 0 Å². The summed E-state index contributed by atoms with van der Waals surface area (Å²) in [6, 6.07) is -1.75. The maximum Gasteiger partial charge on any atom is 0.321 e. The molecule has 0 aromatic heterocycles. The molecular formula is C11H25N3O7S. The number of hydrogen-bond acceptors (Lipinski definition) is 7. The van der Waals surface area contributed by atoms with Gasteiger partial charge in [0.15, 0.2) is 0 Å². The largest absolute Gasteiger partial charge is 0.481 e. The Bertz CT molecular complexity index is 344. The molecular weight excluding hydrogens is 318 g/mol. The van der Waals surface area contributed by atoms with Gasteiger partial charge in [0.05, 0.1) is 0 Å². The Morgan fingerprint density at radius 2 is 1.41 bits per heavy atom. The summed E-state index contributed by atoms with van der Waals surface area (Å²) in [7, 11) is 0. The van der Waals surface area contributed by atoms with Crippen molar-refractivity contribution < 1.29 is 35.2 Å². The third-order valence-electron chi connectivity index (χ3n) is 2.51. The number of aliphatic carboxylic acids is 3. The molecule has 0 aromatic carbocycles. The van der Waals surface area contributed by atoms with Crippen molar-refractivity contribution in [3.8, 4) is 0 Å². The first kappa shape index (κ1) is 25.5. The zero-order valence-corrected chi connectivity index (χ0v) is 12.9. The second-order valence-electron chi connectivity index (χ2n) is 4.35. The van der Waals surface area contributed by atoms with Gasteiger partial charge in [-0.1, -0.05) is 0 Å². The zero-order valence-electron chi connectivity index (χ0n) is 12.0. The Labute approximate surface area is 133 Å². The van der Waals surface area contributed by atoms with Crippen LogP contribution in [-0.2, 0) is 14.4 Å². The van der Waals surface area contributed by atoms with E-state index in [4.69, 9.17) is 32.5 Å². The lowest BCUT2D eigenvalue weighted by molar-refractivity contribution is -0.139. The Morgan fingerprint density at radius 1 is 0.955 bits per heavy atom. The number of carbonyl (C=O) groups is 3. The van der Waals surface area contributed by atoms with Crippen molar-refractivity contribution in [1.29, 1.82) is 0 Å². The average molecular weight is 343 g/mol. The molecule has 0 rings (SSSR count). The molecule has 0 saturated heterocycles. The predicted octanol–water partition coefficient (Wildman–Crippen LogP) is -2.27. The molecule has 0 radical (unpaired) electrons. The lowest BCUT2D eigenvalue weighted by atomic mass is 9.97. The van der Waals surface area contributed by atoms with Gasteiger partial charge in [-0.25, -0.2) is 0 Å². The van der Waals surface area contributed by atoms with Crippen LogP contribution in [0.25, 0.3) is 0 Å². The molecule has 0 saturated carbocycles. The fourth-order valence-corrected chi connectivity index (χ4v) is 1.32. The van der Waals surface area contributed by atoms with Crippen LogP contribution in [-0.4, -0.2) is 63.1 Å². The molecule has 1 unspecified atom stereocenters. The normalized spacial score (nSPS) is 13.6. The third-order valence-corrected chi connectivity index (χ3v) is 2.91. The van der Waals surface area contributed by atoms with Gasteiger partial charge in [-0.2, -0.15) is 12.6 Å². The maximum atomic E-state index is 10.3. The molecule has 11 heteroatoms. The van der Waals surface area contributed by atoms with E-state index in [9.17, 15) is 14.4 Å². The van der Waals surface area contributed by atoms with Crippen molar-refractivity contribution in [1.82, 2.24) is 0 Å². The lowest BCUT2D eigenvalue weighted by Gasteiger charge is -2.13. The van der Waals surface area contributed by atoms with Gasteiger partial charge in [-0.05, 0) is 25.3 Å². The lowest BCUT2D eigenvalue weighted by Crippen LogP contribution is -2.31. The molecule has 0 heterocycles. The van der Waals surface area contributed by atoms with Crippen molar-refractivity contribution in [3.63, 3.8) is 0 Å². The highest BCUT2D eigenvalue weighted by atomic mass is 32.1. The highest BCUT2D eigenvalue weighted by Gasteiger charge is 2.16. The summed E-state index contributed by atoms with van der Waals surface area (Å²) in [5, 5.41) is 25.0. The standard InChI is InChI=1S/C8H16N2O4.C3H7NO2S.H2O/c9-4-5(3-7(11)12)1-2-6(10)8(13)14;4-2(1-7)3(5)6;/h5-6H,1-4,9-10H2,(H,11,12)(H,13,14);2,7H,1,4H2,(H,5,6);1H2/t5?,6-;2-;/m00./s1.